The van der Waals surface area contributed by atoms with Gasteiger partial charge in [0.05, 0.1) is 12.6 Å². The van der Waals surface area contributed by atoms with Crippen LogP contribution in [0.5, 0.6) is 0 Å². The van der Waals surface area contributed by atoms with E-state index in [4.69, 9.17) is 4.74 Å². The summed E-state index contributed by atoms with van der Waals surface area (Å²) in [4.78, 5) is 0. The van der Waals surface area contributed by atoms with Crippen molar-refractivity contribution in [3.05, 3.63) is 30.2 Å². The number of aromatic nitrogens is 3. The molecule has 0 aliphatic carbocycles. The van der Waals surface area contributed by atoms with Crippen LogP contribution in [0.4, 0.5) is 0 Å². The van der Waals surface area contributed by atoms with E-state index in [0.717, 1.165) is 11.5 Å². The van der Waals surface area contributed by atoms with Crippen LogP contribution in [0, 0.1) is 5.92 Å². The van der Waals surface area contributed by atoms with Crippen molar-refractivity contribution in [3.8, 4) is 0 Å². The molecule has 0 aliphatic rings. The molecule has 0 saturated heterocycles. The first-order valence-electron chi connectivity index (χ1n) is 6.68. The molecule has 0 spiro atoms. The second-order valence-corrected chi connectivity index (χ2v) is 5.23. The fourth-order valence-corrected chi connectivity index (χ4v) is 2.24. The van der Waals surface area contributed by atoms with Gasteiger partial charge >= 0.3 is 0 Å². The summed E-state index contributed by atoms with van der Waals surface area (Å²) in [7, 11) is 1.72. The van der Waals surface area contributed by atoms with Crippen LogP contribution in [0.25, 0.3) is 5.65 Å². The molecular weight excluding hydrogens is 240 g/mol. The van der Waals surface area contributed by atoms with Crippen LogP contribution in [0.2, 0.25) is 0 Å². The maximum absolute atomic E-state index is 5.18. The van der Waals surface area contributed by atoms with Gasteiger partial charge in [-0.05, 0) is 25.0 Å². The van der Waals surface area contributed by atoms with Crippen molar-refractivity contribution >= 4 is 5.65 Å². The van der Waals surface area contributed by atoms with Gasteiger partial charge in [0.15, 0.2) is 11.5 Å². The molecule has 2 aromatic rings. The van der Waals surface area contributed by atoms with Crippen molar-refractivity contribution in [2.24, 2.45) is 5.92 Å². The van der Waals surface area contributed by atoms with E-state index in [0.29, 0.717) is 12.5 Å². The zero-order valence-corrected chi connectivity index (χ0v) is 12.0. The van der Waals surface area contributed by atoms with E-state index >= 15 is 0 Å². The summed E-state index contributed by atoms with van der Waals surface area (Å²) in [5, 5.41) is 12.1. The first-order chi connectivity index (χ1) is 9.13. The topological polar surface area (TPSA) is 51.5 Å². The van der Waals surface area contributed by atoms with Gasteiger partial charge in [-0.15, -0.1) is 10.2 Å². The molecular formula is C14H22N4O. The van der Waals surface area contributed by atoms with E-state index in [2.05, 4.69) is 36.3 Å². The van der Waals surface area contributed by atoms with Crippen molar-refractivity contribution in [1.82, 2.24) is 19.9 Å². The van der Waals surface area contributed by atoms with Gasteiger partial charge in [-0.3, -0.25) is 4.40 Å². The minimum Gasteiger partial charge on any atom is -0.383 e. The molecule has 0 fully saturated rings. The van der Waals surface area contributed by atoms with E-state index in [1.165, 1.54) is 0 Å². The third-order valence-corrected chi connectivity index (χ3v) is 3.17. The molecule has 1 N–H and O–H groups in total. The molecule has 19 heavy (non-hydrogen) atoms. The molecule has 2 rings (SSSR count). The van der Waals surface area contributed by atoms with Crippen molar-refractivity contribution in [2.45, 2.75) is 32.9 Å². The first-order valence-corrected chi connectivity index (χ1v) is 6.68. The zero-order valence-electron chi connectivity index (χ0n) is 12.0. The number of hydrogen-bond donors (Lipinski definition) is 1. The highest BCUT2D eigenvalue weighted by atomic mass is 16.5. The number of rotatable bonds is 6. The van der Waals surface area contributed by atoms with Crippen LogP contribution in [0.3, 0.4) is 0 Å². The highest BCUT2D eigenvalue weighted by Gasteiger charge is 2.22. The van der Waals surface area contributed by atoms with Crippen molar-refractivity contribution in [2.75, 3.05) is 13.7 Å². The lowest BCUT2D eigenvalue weighted by Crippen LogP contribution is -2.37. The lowest BCUT2D eigenvalue weighted by molar-refractivity contribution is 0.160. The van der Waals surface area contributed by atoms with Crippen LogP contribution in [0.15, 0.2) is 24.4 Å². The Hall–Kier alpha value is -1.46. The molecule has 0 aromatic carbocycles. The maximum atomic E-state index is 5.18. The molecule has 0 saturated carbocycles. The van der Waals surface area contributed by atoms with Crippen molar-refractivity contribution in [3.63, 3.8) is 0 Å². The second-order valence-electron chi connectivity index (χ2n) is 5.23. The predicted molar refractivity (Wildman–Crippen MR) is 75.0 cm³/mol. The van der Waals surface area contributed by atoms with Crippen LogP contribution in [-0.2, 0) is 4.74 Å². The van der Waals surface area contributed by atoms with Crippen LogP contribution in [0.1, 0.15) is 32.6 Å². The molecule has 2 unspecified atom stereocenters. The SMILES string of the molecule is COCC(C)NC(c1nnc2ccccn12)C(C)C. The van der Waals surface area contributed by atoms with Crippen molar-refractivity contribution in [1.29, 1.82) is 0 Å². The molecule has 5 nitrogen and oxygen atoms in total. The summed E-state index contributed by atoms with van der Waals surface area (Å²) in [5.41, 5.74) is 0.879. The third-order valence-electron chi connectivity index (χ3n) is 3.17. The van der Waals surface area contributed by atoms with Crippen molar-refractivity contribution < 1.29 is 4.74 Å². The molecule has 2 heterocycles. The van der Waals surface area contributed by atoms with Gasteiger partial charge in [0.25, 0.3) is 0 Å². The standard InChI is InChI=1S/C14H22N4O/c1-10(2)13(15-11(3)9-19-4)14-17-16-12-7-5-6-8-18(12)14/h5-8,10-11,13,15H,9H2,1-4H3. The minimum atomic E-state index is 0.155. The summed E-state index contributed by atoms with van der Waals surface area (Å²) < 4.78 is 7.22. The van der Waals surface area contributed by atoms with Gasteiger partial charge < -0.3 is 10.1 Å². The lowest BCUT2D eigenvalue weighted by atomic mass is 10.0. The Bertz CT molecular complexity index is 523. The number of nitrogens with zero attached hydrogens (tertiary/aromatic N) is 3. The van der Waals surface area contributed by atoms with E-state index in [-0.39, 0.29) is 12.1 Å². The Morgan fingerprint density at radius 3 is 2.74 bits per heavy atom. The summed E-state index contributed by atoms with van der Waals surface area (Å²) in [6, 6.07) is 6.36. The van der Waals surface area contributed by atoms with E-state index < -0.39 is 0 Å². The molecule has 104 valence electrons. The van der Waals surface area contributed by atoms with Gasteiger partial charge in [0.1, 0.15) is 0 Å². The highest BCUT2D eigenvalue weighted by molar-refractivity contribution is 5.37. The third kappa shape index (κ3) is 3.11. The summed E-state index contributed by atoms with van der Waals surface area (Å²) in [5.74, 6) is 1.38. The zero-order chi connectivity index (χ0) is 13.8. The molecule has 0 radical (unpaired) electrons. The highest BCUT2D eigenvalue weighted by Crippen LogP contribution is 2.21. The van der Waals surface area contributed by atoms with Gasteiger partial charge in [-0.2, -0.15) is 0 Å². The monoisotopic (exact) mass is 262 g/mol. The minimum absolute atomic E-state index is 0.155. The van der Waals surface area contributed by atoms with E-state index in [1.54, 1.807) is 7.11 Å². The molecule has 0 amide bonds. The molecule has 0 aliphatic heterocycles. The smallest absolute Gasteiger partial charge is 0.160 e. The maximum Gasteiger partial charge on any atom is 0.160 e. The summed E-state index contributed by atoms with van der Waals surface area (Å²) in [6.07, 6.45) is 2.00. The number of fused-ring (bicyclic) bond motifs is 1. The average Bonchev–Trinajstić information content (AvgIpc) is 2.79. The Balaban J connectivity index is 2.28. The van der Waals surface area contributed by atoms with Crippen LogP contribution >= 0.6 is 0 Å². The first kappa shape index (κ1) is 14.0. The van der Waals surface area contributed by atoms with Gasteiger partial charge in [0, 0.05) is 19.3 Å². The Kier molecular flexibility index (Phi) is 4.50. The predicted octanol–water partition coefficient (Wildman–Crippen LogP) is 2.05. The molecule has 2 aromatic heterocycles. The number of hydrogen-bond acceptors (Lipinski definition) is 4. The molecule has 0 bridgehead atoms. The molecule has 5 heteroatoms. The van der Waals surface area contributed by atoms with Gasteiger partial charge in [-0.1, -0.05) is 19.9 Å². The number of pyridine rings is 1. The Morgan fingerprint density at radius 2 is 2.05 bits per heavy atom. The number of methoxy groups -OCH3 is 1. The van der Waals surface area contributed by atoms with Crippen LogP contribution < -0.4 is 5.32 Å². The fourth-order valence-electron chi connectivity index (χ4n) is 2.24. The summed E-state index contributed by atoms with van der Waals surface area (Å²) in [6.45, 7) is 7.16. The van der Waals surface area contributed by atoms with Crippen LogP contribution in [-0.4, -0.2) is 34.4 Å². The normalized spacial score (nSPS) is 15.0. The number of nitrogens with one attached hydrogen (secondary N) is 1. The van der Waals surface area contributed by atoms with E-state index in [9.17, 15) is 0 Å². The fraction of sp³-hybridized carbons (Fsp3) is 0.571. The Labute approximate surface area is 114 Å². The second kappa shape index (κ2) is 6.12. The largest absolute Gasteiger partial charge is 0.383 e. The van der Waals surface area contributed by atoms with E-state index in [1.807, 2.05) is 28.8 Å². The van der Waals surface area contributed by atoms with Gasteiger partial charge in [-0.25, -0.2) is 0 Å². The number of ether oxygens (including phenoxy) is 1. The summed E-state index contributed by atoms with van der Waals surface area (Å²) >= 11 is 0. The van der Waals surface area contributed by atoms with Gasteiger partial charge in [0.2, 0.25) is 0 Å². The Morgan fingerprint density at radius 1 is 1.26 bits per heavy atom. The molecule has 2 atom stereocenters. The average molecular weight is 262 g/mol. The quantitative estimate of drug-likeness (QED) is 0.865. The lowest BCUT2D eigenvalue weighted by Gasteiger charge is -2.24.